The Bertz CT molecular complexity index is 544. The van der Waals surface area contributed by atoms with Crippen molar-refractivity contribution in [3.05, 3.63) is 41.5 Å². The van der Waals surface area contributed by atoms with Gasteiger partial charge in [-0.25, -0.2) is 0 Å². The molecule has 0 aromatic heterocycles. The van der Waals surface area contributed by atoms with Gasteiger partial charge in [-0.3, -0.25) is 5.41 Å². The van der Waals surface area contributed by atoms with Gasteiger partial charge in [0.25, 0.3) is 0 Å². The quantitative estimate of drug-likeness (QED) is 0.373. The molecule has 2 aromatic rings. The Morgan fingerprint density at radius 1 is 1.13 bits per heavy atom. The molecule has 3 nitrogen and oxygen atoms in total. The molecule has 5 N–H and O–H groups in total. The second-order valence-electron chi connectivity index (χ2n) is 3.70. The first-order chi connectivity index (χ1) is 7.08. The van der Waals surface area contributed by atoms with Gasteiger partial charge in [-0.05, 0) is 29.8 Å². The molecule has 0 saturated carbocycles. The Hall–Kier alpha value is -2.03. The Kier molecular flexibility index (Phi) is 2.08. The highest BCUT2D eigenvalue weighted by Gasteiger charge is 2.04. The smallest absolute Gasteiger partial charge is 0.124 e. The minimum absolute atomic E-state index is 0.00924. The molecule has 0 radical (unpaired) electrons. The largest absolute Gasteiger partial charge is 0.398 e. The van der Waals surface area contributed by atoms with Crippen LogP contribution in [0, 0.1) is 12.3 Å². The number of benzene rings is 2. The molecule has 0 amide bonds. The van der Waals surface area contributed by atoms with Gasteiger partial charge in [0.1, 0.15) is 5.84 Å². The molecule has 15 heavy (non-hydrogen) atoms. The SMILES string of the molecule is Cc1ccc2cc(C(=N)N)c(N)cc2c1. The molecule has 0 unspecified atom stereocenters. The van der Waals surface area contributed by atoms with Crippen LogP contribution in [0.3, 0.4) is 0 Å². The third kappa shape index (κ3) is 1.64. The number of rotatable bonds is 1. The molecule has 0 aliphatic carbocycles. The van der Waals surface area contributed by atoms with Crippen LogP contribution in [0.4, 0.5) is 5.69 Å². The van der Waals surface area contributed by atoms with Crippen LogP contribution < -0.4 is 11.5 Å². The minimum Gasteiger partial charge on any atom is -0.398 e. The Morgan fingerprint density at radius 2 is 1.87 bits per heavy atom. The molecule has 76 valence electrons. The second kappa shape index (κ2) is 3.28. The lowest BCUT2D eigenvalue weighted by Crippen LogP contribution is -2.13. The van der Waals surface area contributed by atoms with Crippen molar-refractivity contribution < 1.29 is 0 Å². The first kappa shape index (κ1) is 9.52. The van der Waals surface area contributed by atoms with Crippen LogP contribution in [0.15, 0.2) is 30.3 Å². The van der Waals surface area contributed by atoms with E-state index in [0.29, 0.717) is 11.3 Å². The van der Waals surface area contributed by atoms with Crippen LogP contribution in [0.5, 0.6) is 0 Å². The Morgan fingerprint density at radius 3 is 2.53 bits per heavy atom. The zero-order valence-corrected chi connectivity index (χ0v) is 8.54. The summed E-state index contributed by atoms with van der Waals surface area (Å²) in [4.78, 5) is 0. The lowest BCUT2D eigenvalue weighted by Gasteiger charge is -2.06. The molecule has 2 rings (SSSR count). The summed E-state index contributed by atoms with van der Waals surface area (Å²) in [5.74, 6) is 0.00924. The first-order valence-corrected chi connectivity index (χ1v) is 4.72. The Balaban J connectivity index is 2.76. The highest BCUT2D eigenvalue weighted by atomic mass is 14.7. The van der Waals surface area contributed by atoms with Gasteiger partial charge in [-0.15, -0.1) is 0 Å². The number of hydrogen-bond donors (Lipinski definition) is 3. The number of anilines is 1. The summed E-state index contributed by atoms with van der Waals surface area (Å²) in [7, 11) is 0. The number of aryl methyl sites for hydroxylation is 1. The van der Waals surface area contributed by atoms with Crippen molar-refractivity contribution in [2.45, 2.75) is 6.92 Å². The van der Waals surface area contributed by atoms with E-state index >= 15 is 0 Å². The fraction of sp³-hybridized carbons (Fsp3) is 0.0833. The van der Waals surface area contributed by atoms with Gasteiger partial charge < -0.3 is 11.5 Å². The lowest BCUT2D eigenvalue weighted by atomic mass is 10.0. The molecule has 0 spiro atoms. The van der Waals surface area contributed by atoms with Crippen molar-refractivity contribution in [2.75, 3.05) is 5.73 Å². The van der Waals surface area contributed by atoms with Gasteiger partial charge in [0, 0.05) is 11.3 Å². The fourth-order valence-electron chi connectivity index (χ4n) is 1.67. The summed E-state index contributed by atoms with van der Waals surface area (Å²) < 4.78 is 0. The standard InChI is InChI=1S/C12H13N3/c1-7-2-3-8-5-10(12(14)15)11(13)6-9(8)4-7/h2-6H,13H2,1H3,(H3,14,15). The van der Waals surface area contributed by atoms with Crippen LogP contribution >= 0.6 is 0 Å². The maximum absolute atomic E-state index is 7.39. The summed E-state index contributed by atoms with van der Waals surface area (Å²) in [6, 6.07) is 9.82. The van der Waals surface area contributed by atoms with E-state index in [1.165, 1.54) is 5.56 Å². The van der Waals surface area contributed by atoms with E-state index in [9.17, 15) is 0 Å². The first-order valence-electron chi connectivity index (χ1n) is 4.72. The highest BCUT2D eigenvalue weighted by Crippen LogP contribution is 2.22. The topological polar surface area (TPSA) is 75.9 Å². The van der Waals surface area contributed by atoms with Crippen molar-refractivity contribution in [2.24, 2.45) is 5.73 Å². The Labute approximate surface area is 88.2 Å². The van der Waals surface area contributed by atoms with E-state index in [2.05, 4.69) is 6.07 Å². The van der Waals surface area contributed by atoms with Gasteiger partial charge in [-0.1, -0.05) is 23.8 Å². The summed E-state index contributed by atoms with van der Waals surface area (Å²) >= 11 is 0. The zero-order chi connectivity index (χ0) is 11.0. The predicted molar refractivity (Wildman–Crippen MR) is 64.1 cm³/mol. The number of hydrogen-bond acceptors (Lipinski definition) is 2. The second-order valence-corrected chi connectivity index (χ2v) is 3.70. The average Bonchev–Trinajstić information content (AvgIpc) is 2.15. The van der Waals surface area contributed by atoms with Gasteiger partial charge >= 0.3 is 0 Å². The van der Waals surface area contributed by atoms with Gasteiger partial charge in [0.15, 0.2) is 0 Å². The molecule has 0 saturated heterocycles. The van der Waals surface area contributed by atoms with E-state index in [-0.39, 0.29) is 5.84 Å². The monoisotopic (exact) mass is 199 g/mol. The van der Waals surface area contributed by atoms with Crippen molar-refractivity contribution in [1.29, 1.82) is 5.41 Å². The molecule has 0 atom stereocenters. The van der Waals surface area contributed by atoms with Crippen LogP contribution in [0.1, 0.15) is 11.1 Å². The summed E-state index contributed by atoms with van der Waals surface area (Å²) in [6.07, 6.45) is 0. The molecule has 0 aliphatic rings. The number of nitrogens with two attached hydrogens (primary N) is 2. The van der Waals surface area contributed by atoms with E-state index in [1.54, 1.807) is 0 Å². The number of nitrogens with one attached hydrogen (secondary N) is 1. The van der Waals surface area contributed by atoms with Crippen molar-refractivity contribution in [3.63, 3.8) is 0 Å². The zero-order valence-electron chi connectivity index (χ0n) is 8.54. The van der Waals surface area contributed by atoms with Crippen molar-refractivity contribution in [1.82, 2.24) is 0 Å². The van der Waals surface area contributed by atoms with Crippen LogP contribution in [-0.2, 0) is 0 Å². The van der Waals surface area contributed by atoms with Crippen LogP contribution in [0.25, 0.3) is 10.8 Å². The maximum Gasteiger partial charge on any atom is 0.124 e. The highest BCUT2D eigenvalue weighted by molar-refractivity contribution is 6.04. The fourth-order valence-corrected chi connectivity index (χ4v) is 1.67. The third-order valence-electron chi connectivity index (χ3n) is 2.45. The minimum atomic E-state index is 0.00924. The molecule has 0 fully saturated rings. The van der Waals surface area contributed by atoms with E-state index < -0.39 is 0 Å². The average molecular weight is 199 g/mol. The van der Waals surface area contributed by atoms with E-state index in [0.717, 1.165) is 10.8 Å². The summed E-state index contributed by atoms with van der Waals surface area (Å²) in [5.41, 5.74) is 13.6. The van der Waals surface area contributed by atoms with Crippen molar-refractivity contribution in [3.8, 4) is 0 Å². The van der Waals surface area contributed by atoms with Gasteiger partial charge in [0.2, 0.25) is 0 Å². The maximum atomic E-state index is 7.39. The molecular formula is C12H13N3. The molecule has 3 heteroatoms. The molecule has 0 bridgehead atoms. The number of nitrogen functional groups attached to an aromatic ring is 2. The van der Waals surface area contributed by atoms with E-state index in [4.69, 9.17) is 16.9 Å². The van der Waals surface area contributed by atoms with Crippen molar-refractivity contribution >= 4 is 22.3 Å². The lowest BCUT2D eigenvalue weighted by molar-refractivity contribution is 1.43. The van der Waals surface area contributed by atoms with Crippen LogP contribution in [-0.4, -0.2) is 5.84 Å². The molecule has 2 aromatic carbocycles. The third-order valence-corrected chi connectivity index (χ3v) is 2.45. The summed E-state index contributed by atoms with van der Waals surface area (Å²) in [6.45, 7) is 2.04. The van der Waals surface area contributed by atoms with E-state index in [1.807, 2.05) is 31.2 Å². The van der Waals surface area contributed by atoms with Crippen LogP contribution in [0.2, 0.25) is 0 Å². The predicted octanol–water partition coefficient (Wildman–Crippen LogP) is 2.01. The normalized spacial score (nSPS) is 10.5. The van der Waals surface area contributed by atoms with Gasteiger partial charge in [-0.2, -0.15) is 0 Å². The van der Waals surface area contributed by atoms with Gasteiger partial charge in [0.05, 0.1) is 0 Å². The summed E-state index contributed by atoms with van der Waals surface area (Å²) in [5, 5.41) is 9.53. The molecule has 0 heterocycles. The molecule has 0 aliphatic heterocycles. The number of fused-ring (bicyclic) bond motifs is 1. The number of amidine groups is 1. The molecular weight excluding hydrogens is 186 g/mol.